The Hall–Kier alpha value is -0.0800. The Balaban J connectivity index is 2.20. The number of nitrogens with one attached hydrogen (secondary N) is 1. The second-order valence-corrected chi connectivity index (χ2v) is 6.03. The van der Waals surface area contributed by atoms with Crippen molar-refractivity contribution in [1.82, 2.24) is 5.32 Å². The van der Waals surface area contributed by atoms with Gasteiger partial charge in [0, 0.05) is 25.1 Å². The van der Waals surface area contributed by atoms with Gasteiger partial charge in [0.25, 0.3) is 0 Å². The van der Waals surface area contributed by atoms with E-state index in [1.165, 1.54) is 32.1 Å². The lowest BCUT2D eigenvalue weighted by Gasteiger charge is -2.41. The second kappa shape index (κ2) is 5.31. The van der Waals surface area contributed by atoms with Crippen molar-refractivity contribution in [2.45, 2.75) is 52.9 Å². The van der Waals surface area contributed by atoms with Gasteiger partial charge in [0.2, 0.25) is 0 Å². The van der Waals surface area contributed by atoms with Crippen LogP contribution in [-0.4, -0.2) is 24.8 Å². The standard InChI is InChI=1S/C13H27NO/c1-4-6-12(2,3)9-14-10-13(11-15)7-5-8-13/h14-15H,4-11H2,1-3H3. The highest BCUT2D eigenvalue weighted by atomic mass is 16.3. The summed E-state index contributed by atoms with van der Waals surface area (Å²) in [5, 5.41) is 12.9. The zero-order valence-corrected chi connectivity index (χ0v) is 10.6. The minimum absolute atomic E-state index is 0.224. The van der Waals surface area contributed by atoms with Gasteiger partial charge >= 0.3 is 0 Å². The normalized spacial score (nSPS) is 20.0. The molecule has 0 aliphatic heterocycles. The minimum atomic E-state index is 0.224. The monoisotopic (exact) mass is 213 g/mol. The van der Waals surface area contributed by atoms with Crippen molar-refractivity contribution in [3.63, 3.8) is 0 Å². The van der Waals surface area contributed by atoms with Crippen molar-refractivity contribution in [1.29, 1.82) is 0 Å². The Bertz CT molecular complexity index is 179. The quantitative estimate of drug-likeness (QED) is 0.681. The Morgan fingerprint density at radius 2 is 2.00 bits per heavy atom. The van der Waals surface area contributed by atoms with Crippen LogP contribution in [0.1, 0.15) is 52.9 Å². The molecule has 0 bridgehead atoms. The summed E-state index contributed by atoms with van der Waals surface area (Å²) in [5.74, 6) is 0. The minimum Gasteiger partial charge on any atom is -0.396 e. The molecule has 0 saturated heterocycles. The number of rotatable bonds is 7. The summed E-state index contributed by atoms with van der Waals surface area (Å²) in [7, 11) is 0. The number of hydrogen-bond donors (Lipinski definition) is 2. The van der Waals surface area contributed by atoms with Crippen LogP contribution in [0.5, 0.6) is 0 Å². The Morgan fingerprint density at radius 1 is 1.33 bits per heavy atom. The summed E-state index contributed by atoms with van der Waals surface area (Å²) in [6.45, 7) is 9.29. The van der Waals surface area contributed by atoms with Gasteiger partial charge in [-0.3, -0.25) is 0 Å². The molecule has 90 valence electrons. The van der Waals surface area contributed by atoms with Crippen molar-refractivity contribution in [2.75, 3.05) is 19.7 Å². The van der Waals surface area contributed by atoms with E-state index in [0.717, 1.165) is 13.1 Å². The van der Waals surface area contributed by atoms with Gasteiger partial charge in [-0.15, -0.1) is 0 Å². The molecule has 1 saturated carbocycles. The van der Waals surface area contributed by atoms with Crippen molar-refractivity contribution < 1.29 is 5.11 Å². The topological polar surface area (TPSA) is 32.3 Å². The fourth-order valence-electron chi connectivity index (χ4n) is 2.50. The molecule has 0 aromatic heterocycles. The molecule has 0 heterocycles. The highest BCUT2D eigenvalue weighted by Crippen LogP contribution is 2.39. The number of aliphatic hydroxyl groups is 1. The number of aliphatic hydroxyl groups excluding tert-OH is 1. The van der Waals surface area contributed by atoms with Gasteiger partial charge in [-0.05, 0) is 24.7 Å². The number of hydrogen-bond acceptors (Lipinski definition) is 2. The average molecular weight is 213 g/mol. The third-order valence-electron chi connectivity index (χ3n) is 3.78. The van der Waals surface area contributed by atoms with Crippen LogP contribution in [0.15, 0.2) is 0 Å². The molecule has 15 heavy (non-hydrogen) atoms. The molecule has 0 radical (unpaired) electrons. The predicted molar refractivity (Wildman–Crippen MR) is 64.9 cm³/mol. The van der Waals surface area contributed by atoms with Gasteiger partial charge in [-0.25, -0.2) is 0 Å². The molecule has 0 spiro atoms. The molecule has 0 aromatic rings. The molecular weight excluding hydrogens is 186 g/mol. The van der Waals surface area contributed by atoms with Crippen molar-refractivity contribution >= 4 is 0 Å². The zero-order chi connectivity index (χ0) is 11.4. The summed E-state index contributed by atoms with van der Waals surface area (Å²) < 4.78 is 0. The first-order valence-electron chi connectivity index (χ1n) is 6.35. The van der Waals surface area contributed by atoms with Gasteiger partial charge in [0.1, 0.15) is 0 Å². The third kappa shape index (κ3) is 3.76. The van der Waals surface area contributed by atoms with E-state index >= 15 is 0 Å². The van der Waals surface area contributed by atoms with Crippen LogP contribution < -0.4 is 5.32 Å². The molecule has 0 aromatic carbocycles. The van der Waals surface area contributed by atoms with E-state index in [2.05, 4.69) is 26.1 Å². The maximum Gasteiger partial charge on any atom is 0.0499 e. The molecule has 1 aliphatic carbocycles. The highest BCUT2D eigenvalue weighted by molar-refractivity contribution is 4.89. The Morgan fingerprint density at radius 3 is 2.40 bits per heavy atom. The van der Waals surface area contributed by atoms with Crippen LogP contribution in [-0.2, 0) is 0 Å². The Kier molecular flexibility index (Phi) is 4.60. The van der Waals surface area contributed by atoms with E-state index in [1.54, 1.807) is 0 Å². The molecule has 2 N–H and O–H groups in total. The fraction of sp³-hybridized carbons (Fsp3) is 1.00. The molecule has 2 heteroatoms. The molecule has 1 fully saturated rings. The van der Waals surface area contributed by atoms with Crippen LogP contribution in [0, 0.1) is 10.8 Å². The zero-order valence-electron chi connectivity index (χ0n) is 10.6. The third-order valence-corrected chi connectivity index (χ3v) is 3.78. The van der Waals surface area contributed by atoms with Crippen LogP contribution in [0.4, 0.5) is 0 Å². The van der Waals surface area contributed by atoms with E-state index in [1.807, 2.05) is 0 Å². The van der Waals surface area contributed by atoms with Gasteiger partial charge in [0.15, 0.2) is 0 Å². The molecule has 2 nitrogen and oxygen atoms in total. The Labute approximate surface area is 94.5 Å². The van der Waals surface area contributed by atoms with Gasteiger partial charge in [-0.2, -0.15) is 0 Å². The first-order valence-corrected chi connectivity index (χ1v) is 6.35. The van der Waals surface area contributed by atoms with Crippen molar-refractivity contribution in [2.24, 2.45) is 10.8 Å². The lowest BCUT2D eigenvalue weighted by Crippen LogP contribution is -2.45. The van der Waals surface area contributed by atoms with E-state index in [0.29, 0.717) is 12.0 Å². The van der Waals surface area contributed by atoms with Crippen molar-refractivity contribution in [3.8, 4) is 0 Å². The van der Waals surface area contributed by atoms with E-state index in [9.17, 15) is 5.11 Å². The first kappa shape index (κ1) is 13.0. The summed E-state index contributed by atoms with van der Waals surface area (Å²) >= 11 is 0. The molecule has 0 atom stereocenters. The lowest BCUT2D eigenvalue weighted by molar-refractivity contribution is 0.0423. The van der Waals surface area contributed by atoms with E-state index in [4.69, 9.17) is 0 Å². The first-order chi connectivity index (χ1) is 7.04. The maximum absolute atomic E-state index is 9.33. The molecule has 1 rings (SSSR count). The summed E-state index contributed by atoms with van der Waals surface area (Å²) in [6.07, 6.45) is 6.21. The molecule has 0 unspecified atom stereocenters. The van der Waals surface area contributed by atoms with Gasteiger partial charge in [0.05, 0.1) is 0 Å². The molecule has 0 amide bonds. The van der Waals surface area contributed by atoms with Crippen LogP contribution in [0.25, 0.3) is 0 Å². The smallest absolute Gasteiger partial charge is 0.0499 e. The molecular formula is C13H27NO. The predicted octanol–water partition coefficient (Wildman–Crippen LogP) is 2.56. The maximum atomic E-state index is 9.33. The van der Waals surface area contributed by atoms with Crippen LogP contribution in [0.3, 0.4) is 0 Å². The summed E-state index contributed by atoms with van der Waals surface area (Å²) in [5.41, 5.74) is 0.622. The van der Waals surface area contributed by atoms with E-state index < -0.39 is 0 Å². The highest BCUT2D eigenvalue weighted by Gasteiger charge is 2.36. The lowest BCUT2D eigenvalue weighted by atomic mass is 9.69. The molecule has 1 aliphatic rings. The summed E-state index contributed by atoms with van der Waals surface area (Å²) in [6, 6.07) is 0. The van der Waals surface area contributed by atoms with Crippen LogP contribution >= 0.6 is 0 Å². The van der Waals surface area contributed by atoms with E-state index in [-0.39, 0.29) is 5.41 Å². The average Bonchev–Trinajstić information content (AvgIpc) is 2.09. The fourth-order valence-corrected chi connectivity index (χ4v) is 2.50. The van der Waals surface area contributed by atoms with Gasteiger partial charge < -0.3 is 10.4 Å². The SMILES string of the molecule is CCCC(C)(C)CNCC1(CO)CCC1. The van der Waals surface area contributed by atoms with Crippen LogP contribution in [0.2, 0.25) is 0 Å². The van der Waals surface area contributed by atoms with Crippen molar-refractivity contribution in [3.05, 3.63) is 0 Å². The largest absolute Gasteiger partial charge is 0.396 e. The second-order valence-electron chi connectivity index (χ2n) is 6.03. The van der Waals surface area contributed by atoms with Gasteiger partial charge in [-0.1, -0.05) is 33.6 Å². The summed E-state index contributed by atoms with van der Waals surface area (Å²) in [4.78, 5) is 0.